The summed E-state index contributed by atoms with van der Waals surface area (Å²) in [6, 6.07) is -0.290. The Morgan fingerprint density at radius 2 is 1.69 bits per heavy atom. The van der Waals surface area contributed by atoms with Crippen LogP contribution in [0.15, 0.2) is 36.0 Å². The molecule has 1 aliphatic carbocycles. The van der Waals surface area contributed by atoms with Gasteiger partial charge < -0.3 is 34.4 Å². The molecule has 0 aromatic carbocycles. The van der Waals surface area contributed by atoms with E-state index in [1.165, 1.54) is 43.4 Å². The first-order valence-corrected chi connectivity index (χ1v) is 19.2. The molecule has 1 saturated carbocycles. The van der Waals surface area contributed by atoms with E-state index in [0.29, 0.717) is 44.1 Å². The highest BCUT2D eigenvalue weighted by molar-refractivity contribution is 5.80. The number of carboxylic acid groups (broad SMARTS) is 1. The van der Waals surface area contributed by atoms with Crippen LogP contribution in [0.2, 0.25) is 0 Å². The van der Waals surface area contributed by atoms with Gasteiger partial charge in [-0.25, -0.2) is 14.4 Å². The highest BCUT2D eigenvalue weighted by atomic mass is 16.6. The highest BCUT2D eigenvalue weighted by Crippen LogP contribution is 2.28. The quantitative estimate of drug-likeness (QED) is 0.101. The van der Waals surface area contributed by atoms with Crippen LogP contribution in [-0.4, -0.2) is 129 Å². The summed E-state index contributed by atoms with van der Waals surface area (Å²) in [5.74, 6) is -2.17. The largest absolute Gasteiger partial charge is 0.480 e. The number of carbonyl (C=O) groups is 4. The van der Waals surface area contributed by atoms with E-state index < -0.39 is 54.1 Å². The van der Waals surface area contributed by atoms with Gasteiger partial charge in [-0.05, 0) is 64.0 Å². The number of nitrogens with zero attached hydrogens (tertiary/aromatic N) is 3. The molecule has 2 amide bonds. The predicted octanol–water partition coefficient (Wildman–Crippen LogP) is 5.06. The minimum Gasteiger partial charge on any atom is -0.480 e. The van der Waals surface area contributed by atoms with Crippen molar-refractivity contribution in [3.05, 3.63) is 36.0 Å². The molecule has 3 heterocycles. The molecule has 13 nitrogen and oxygen atoms in total. The van der Waals surface area contributed by atoms with Crippen molar-refractivity contribution in [3.63, 3.8) is 0 Å². The van der Waals surface area contributed by atoms with Gasteiger partial charge in [-0.1, -0.05) is 63.8 Å². The molecule has 4 aliphatic rings. The smallest absolute Gasteiger partial charge is 0.410 e. The molecule has 0 aromatic heterocycles. The zero-order valence-corrected chi connectivity index (χ0v) is 31.5. The van der Waals surface area contributed by atoms with Crippen molar-refractivity contribution in [2.45, 2.75) is 134 Å². The van der Waals surface area contributed by atoms with E-state index in [0.717, 1.165) is 13.1 Å². The molecule has 4 rings (SSSR count). The summed E-state index contributed by atoms with van der Waals surface area (Å²) in [7, 11) is 0. The molecule has 0 aromatic rings. The lowest BCUT2D eigenvalue weighted by Crippen LogP contribution is -2.53. The lowest BCUT2D eigenvalue weighted by Gasteiger charge is -2.40. The van der Waals surface area contributed by atoms with Crippen molar-refractivity contribution in [1.82, 2.24) is 14.7 Å². The van der Waals surface area contributed by atoms with Gasteiger partial charge in [0.2, 0.25) is 0 Å². The molecule has 2 saturated heterocycles. The van der Waals surface area contributed by atoms with Crippen molar-refractivity contribution < 1.29 is 48.7 Å². The number of aliphatic carboxylic acids is 1. The van der Waals surface area contributed by atoms with Crippen LogP contribution in [0.1, 0.15) is 98.3 Å². The Balaban J connectivity index is 1.39. The van der Waals surface area contributed by atoms with Crippen LogP contribution >= 0.6 is 0 Å². The Morgan fingerprint density at radius 3 is 2.37 bits per heavy atom. The Labute approximate surface area is 308 Å². The van der Waals surface area contributed by atoms with Crippen LogP contribution in [0, 0.1) is 11.8 Å². The number of esters is 1. The van der Waals surface area contributed by atoms with Crippen molar-refractivity contribution in [1.29, 1.82) is 0 Å². The summed E-state index contributed by atoms with van der Waals surface area (Å²) >= 11 is 0. The summed E-state index contributed by atoms with van der Waals surface area (Å²) in [5.41, 5.74) is -0.782. The molecule has 0 bridgehead atoms. The summed E-state index contributed by atoms with van der Waals surface area (Å²) < 4.78 is 17.2. The van der Waals surface area contributed by atoms with E-state index in [4.69, 9.17) is 14.2 Å². The Bertz CT molecular complexity index is 1300. The number of likely N-dealkylation sites (tertiary alicyclic amines) is 1. The number of allylic oxidation sites excluding steroid dienone is 2. The molecule has 0 radical (unpaired) electrons. The lowest BCUT2D eigenvalue weighted by atomic mass is 9.89. The molecule has 7 atom stereocenters. The summed E-state index contributed by atoms with van der Waals surface area (Å²) in [6.45, 7) is 10.3. The van der Waals surface area contributed by atoms with Gasteiger partial charge in [-0.2, -0.15) is 0 Å². The normalized spacial score (nSPS) is 31.9. The van der Waals surface area contributed by atoms with Gasteiger partial charge in [0.15, 0.2) is 6.10 Å². The van der Waals surface area contributed by atoms with Crippen LogP contribution in [0.5, 0.6) is 0 Å². The molecule has 3 fully saturated rings. The number of carboxylic acids is 1. The van der Waals surface area contributed by atoms with E-state index in [2.05, 4.69) is 4.90 Å². The van der Waals surface area contributed by atoms with Crippen molar-refractivity contribution in [2.24, 2.45) is 11.8 Å². The SMILES string of the molecule is C/C(=C\C=C\C(C)COC(=O)N1CCC[C@H]1C(=O)O)[C@H]1OC(=O)C[C@H](O)CC[C@@](C)(O)[C@@H](OC(=O)N2CCN(C3CCCCCC3)CC2)/C=C/[C@@H]1C. The number of ether oxygens (including phenoxy) is 3. The van der Waals surface area contributed by atoms with Crippen molar-refractivity contribution in [3.8, 4) is 0 Å². The number of aliphatic hydroxyl groups excluding tert-OH is 1. The maximum atomic E-state index is 13.4. The second-order valence-electron chi connectivity index (χ2n) is 15.4. The lowest BCUT2D eigenvalue weighted by molar-refractivity contribution is -0.151. The molecule has 292 valence electrons. The zero-order valence-electron chi connectivity index (χ0n) is 31.5. The fourth-order valence-corrected chi connectivity index (χ4v) is 7.60. The first kappa shape index (κ1) is 41.3. The van der Waals surface area contributed by atoms with E-state index >= 15 is 0 Å². The summed E-state index contributed by atoms with van der Waals surface area (Å²) in [5, 5.41) is 31.5. The van der Waals surface area contributed by atoms with Gasteiger partial charge in [0, 0.05) is 50.6 Å². The third kappa shape index (κ3) is 12.1. The minimum absolute atomic E-state index is 0.0662. The number of aliphatic hydroxyl groups is 2. The van der Waals surface area contributed by atoms with Crippen molar-refractivity contribution >= 4 is 24.1 Å². The number of hydrogen-bond donors (Lipinski definition) is 3. The topological polar surface area (TPSA) is 166 Å². The average molecular weight is 732 g/mol. The molecular formula is C39H61N3O10. The van der Waals surface area contributed by atoms with Crippen molar-refractivity contribution in [2.75, 3.05) is 39.3 Å². The standard InChI is InChI=1S/C39H61N3O10/c1-27(26-50-38(48)42-20-10-15-32(42)36(45)46)11-9-12-28(2)35-29(3)16-17-33(39(4,49)19-18-31(43)25-34(44)52-35)51-37(47)41-23-21-40(22-24-41)30-13-7-5-6-8-14-30/h9,11-12,16-17,27,29-33,35,43,49H,5-8,10,13-15,18-26H2,1-4H3,(H,45,46)/b11-9+,17-16+,28-12+/t27?,29-,31+,32-,33-,35+,39+/m0/s1. The highest BCUT2D eigenvalue weighted by Gasteiger charge is 2.38. The predicted molar refractivity (Wildman–Crippen MR) is 194 cm³/mol. The first-order valence-electron chi connectivity index (χ1n) is 19.2. The Hall–Kier alpha value is -3.42. The van der Waals surface area contributed by atoms with Gasteiger partial charge in [0.05, 0.1) is 19.1 Å². The van der Waals surface area contributed by atoms with Gasteiger partial charge in [0.1, 0.15) is 17.7 Å². The van der Waals surface area contributed by atoms with Gasteiger partial charge >= 0.3 is 24.1 Å². The fourth-order valence-electron chi connectivity index (χ4n) is 7.60. The maximum absolute atomic E-state index is 13.4. The number of piperazine rings is 1. The third-order valence-corrected chi connectivity index (χ3v) is 11.0. The Morgan fingerprint density at radius 1 is 1.00 bits per heavy atom. The van der Waals surface area contributed by atoms with Gasteiger partial charge in [-0.3, -0.25) is 14.6 Å². The van der Waals surface area contributed by atoms with Gasteiger partial charge in [-0.15, -0.1) is 0 Å². The van der Waals surface area contributed by atoms with E-state index in [-0.39, 0.29) is 37.7 Å². The van der Waals surface area contributed by atoms with Crippen LogP contribution in [-0.2, 0) is 23.8 Å². The fraction of sp³-hybridized carbons (Fsp3) is 0.744. The number of carbonyl (C=O) groups excluding carboxylic acids is 3. The van der Waals surface area contributed by atoms with Crippen LogP contribution in [0.25, 0.3) is 0 Å². The van der Waals surface area contributed by atoms with Crippen LogP contribution in [0.4, 0.5) is 9.59 Å². The average Bonchev–Trinajstić information content (AvgIpc) is 3.46. The van der Waals surface area contributed by atoms with Crippen LogP contribution < -0.4 is 0 Å². The minimum atomic E-state index is -1.50. The second kappa shape index (κ2) is 19.6. The zero-order chi connectivity index (χ0) is 37.8. The number of hydrogen-bond acceptors (Lipinski definition) is 10. The molecule has 13 heteroatoms. The monoisotopic (exact) mass is 731 g/mol. The number of rotatable bonds is 8. The van der Waals surface area contributed by atoms with Crippen LogP contribution in [0.3, 0.4) is 0 Å². The molecule has 3 N–H and O–H groups in total. The maximum Gasteiger partial charge on any atom is 0.410 e. The molecule has 0 spiro atoms. The Kier molecular flexibility index (Phi) is 15.6. The summed E-state index contributed by atoms with van der Waals surface area (Å²) in [4.78, 5) is 55.7. The van der Waals surface area contributed by atoms with E-state index in [1.807, 2.05) is 26.8 Å². The molecule has 1 unspecified atom stereocenters. The van der Waals surface area contributed by atoms with E-state index in [9.17, 15) is 34.5 Å². The third-order valence-electron chi connectivity index (χ3n) is 11.0. The second-order valence-corrected chi connectivity index (χ2v) is 15.4. The molecule has 3 aliphatic heterocycles. The molecular weight excluding hydrogens is 670 g/mol. The first-order chi connectivity index (χ1) is 24.7. The number of cyclic esters (lactones) is 1. The van der Waals surface area contributed by atoms with Gasteiger partial charge in [0.25, 0.3) is 0 Å². The van der Waals surface area contributed by atoms with E-state index in [1.54, 1.807) is 36.1 Å². The summed E-state index contributed by atoms with van der Waals surface area (Å²) in [6.07, 6.45) is 13.5. The number of amides is 2. The molecule has 52 heavy (non-hydrogen) atoms.